The summed E-state index contributed by atoms with van der Waals surface area (Å²) < 4.78 is 16.1. The molecule has 2 aromatic carbocycles. The predicted octanol–water partition coefficient (Wildman–Crippen LogP) is 5.10. The molecule has 146 valence electrons. The van der Waals surface area contributed by atoms with Crippen molar-refractivity contribution in [2.75, 3.05) is 13.1 Å². The second-order valence-corrected chi connectivity index (χ2v) is 10.6. The lowest BCUT2D eigenvalue weighted by atomic mass is 9.83. The van der Waals surface area contributed by atoms with Crippen LogP contribution in [-0.2, 0) is 11.0 Å². The van der Waals surface area contributed by atoms with Crippen molar-refractivity contribution in [3.8, 4) is 11.1 Å². The highest BCUT2D eigenvalue weighted by molar-refractivity contribution is 7.84. The Labute approximate surface area is 170 Å². The van der Waals surface area contributed by atoms with Gasteiger partial charge in [0.25, 0.3) is 0 Å². The van der Waals surface area contributed by atoms with Crippen molar-refractivity contribution >= 4 is 22.6 Å². The molecule has 1 saturated heterocycles. The molecule has 1 aliphatic rings. The lowest BCUT2D eigenvalue weighted by Crippen LogP contribution is -2.41. The number of halogens is 1. The minimum atomic E-state index is -1.13. The highest BCUT2D eigenvalue weighted by atomic mass is 35.5. The number of hydrogen-bond donors (Lipinski definition) is 2. The molecule has 0 bridgehead atoms. The molecular formula is C22H29ClN2OS. The van der Waals surface area contributed by atoms with Crippen LogP contribution in [-0.4, -0.2) is 22.0 Å². The third-order valence-corrected chi connectivity index (χ3v) is 6.93. The molecule has 3 rings (SSSR count). The fourth-order valence-electron chi connectivity index (χ4n) is 3.54. The summed E-state index contributed by atoms with van der Waals surface area (Å²) in [6.07, 6.45) is 2.15. The summed E-state index contributed by atoms with van der Waals surface area (Å²) in [5, 5.41) is 4.17. The summed E-state index contributed by atoms with van der Waals surface area (Å²) in [6, 6.07) is 16.5. The van der Waals surface area contributed by atoms with Gasteiger partial charge in [-0.3, -0.25) is 0 Å². The number of piperidine rings is 1. The Balaban J connectivity index is 2.01. The maximum Gasteiger partial charge on any atom is 0.0976 e. The van der Waals surface area contributed by atoms with Crippen LogP contribution in [0.25, 0.3) is 11.1 Å². The maximum atomic E-state index is 13.0. The van der Waals surface area contributed by atoms with E-state index in [0.717, 1.165) is 36.5 Å². The van der Waals surface area contributed by atoms with E-state index in [1.807, 2.05) is 32.9 Å². The van der Waals surface area contributed by atoms with Crippen molar-refractivity contribution < 1.29 is 4.21 Å². The van der Waals surface area contributed by atoms with E-state index >= 15 is 0 Å². The Bertz CT molecular complexity index is 780. The first-order valence-electron chi connectivity index (χ1n) is 9.60. The Hall–Kier alpha value is -1.20. The third-order valence-electron chi connectivity index (χ3n) is 5.10. The van der Waals surface area contributed by atoms with Crippen molar-refractivity contribution in [3.63, 3.8) is 0 Å². The van der Waals surface area contributed by atoms with Crippen molar-refractivity contribution in [1.29, 1.82) is 0 Å². The lowest BCUT2D eigenvalue weighted by molar-refractivity contribution is 0.308. The average molecular weight is 405 g/mol. The van der Waals surface area contributed by atoms with Gasteiger partial charge in [-0.2, -0.15) is 0 Å². The fourth-order valence-corrected chi connectivity index (χ4v) is 4.57. The largest absolute Gasteiger partial charge is 0.317 e. The molecule has 0 unspecified atom stereocenters. The number of rotatable bonds is 5. The van der Waals surface area contributed by atoms with E-state index in [0.29, 0.717) is 5.92 Å². The Morgan fingerprint density at radius 2 is 1.70 bits per heavy atom. The van der Waals surface area contributed by atoms with E-state index < -0.39 is 11.0 Å². The molecule has 0 spiro atoms. The summed E-state index contributed by atoms with van der Waals surface area (Å²) in [5.41, 5.74) is 3.53. The van der Waals surface area contributed by atoms with E-state index in [2.05, 4.69) is 46.4 Å². The minimum absolute atomic E-state index is 0.0547. The molecule has 27 heavy (non-hydrogen) atoms. The molecule has 3 nitrogen and oxygen atoms in total. The van der Waals surface area contributed by atoms with Crippen LogP contribution < -0.4 is 10.0 Å². The Morgan fingerprint density at radius 1 is 1.07 bits per heavy atom. The first-order chi connectivity index (χ1) is 12.9. The van der Waals surface area contributed by atoms with Crippen molar-refractivity contribution in [2.45, 2.75) is 44.4 Å². The van der Waals surface area contributed by atoms with E-state index in [1.165, 1.54) is 11.1 Å². The molecule has 5 heteroatoms. The van der Waals surface area contributed by atoms with E-state index in [9.17, 15) is 4.21 Å². The summed E-state index contributed by atoms with van der Waals surface area (Å²) >= 11 is 6.08. The molecule has 0 aromatic heterocycles. The standard InChI is InChI=1S/C22H29ClN2OS/c1-22(2,3)27(26)25-21(17-12-14-24-15-13-17)20-7-5-4-6-19(20)16-8-10-18(23)11-9-16/h4-11,17,21,24-25H,12-15H2,1-3H3/t21-,27-/m0/s1. The highest BCUT2D eigenvalue weighted by Gasteiger charge is 2.31. The summed E-state index contributed by atoms with van der Waals surface area (Å²) in [5.74, 6) is 0.450. The zero-order chi connectivity index (χ0) is 19.4. The van der Waals surface area contributed by atoms with Gasteiger partial charge in [-0.15, -0.1) is 0 Å². The van der Waals surface area contributed by atoms with Gasteiger partial charge in [0.2, 0.25) is 0 Å². The highest BCUT2D eigenvalue weighted by Crippen LogP contribution is 2.36. The molecule has 0 saturated carbocycles. The number of nitrogens with one attached hydrogen (secondary N) is 2. The average Bonchev–Trinajstić information content (AvgIpc) is 2.66. The van der Waals surface area contributed by atoms with Crippen LogP contribution in [0.1, 0.15) is 45.2 Å². The van der Waals surface area contributed by atoms with Gasteiger partial charge in [-0.25, -0.2) is 8.93 Å². The molecule has 0 aliphatic carbocycles. The van der Waals surface area contributed by atoms with Crippen molar-refractivity contribution in [3.05, 3.63) is 59.1 Å². The van der Waals surface area contributed by atoms with Crippen molar-refractivity contribution in [2.24, 2.45) is 5.92 Å². The maximum absolute atomic E-state index is 13.0. The monoisotopic (exact) mass is 404 g/mol. The van der Waals surface area contributed by atoms with E-state index in [-0.39, 0.29) is 10.8 Å². The molecule has 2 N–H and O–H groups in total. The zero-order valence-corrected chi connectivity index (χ0v) is 17.9. The normalized spacial score (nSPS) is 18.2. The summed E-state index contributed by atoms with van der Waals surface area (Å²) in [6.45, 7) is 8.06. The second-order valence-electron chi connectivity index (χ2n) is 8.16. The molecule has 2 atom stereocenters. The molecule has 1 heterocycles. The summed E-state index contributed by atoms with van der Waals surface area (Å²) in [7, 11) is -1.13. The van der Waals surface area contributed by atoms with Gasteiger partial charge in [-0.1, -0.05) is 48.0 Å². The number of hydrogen-bond acceptors (Lipinski definition) is 2. The van der Waals surface area contributed by atoms with Crippen molar-refractivity contribution in [1.82, 2.24) is 10.0 Å². The van der Waals surface area contributed by atoms with Crippen LogP contribution in [0.4, 0.5) is 0 Å². The van der Waals surface area contributed by atoms with Crippen LogP contribution >= 0.6 is 11.6 Å². The van der Waals surface area contributed by atoms with Gasteiger partial charge in [0, 0.05) is 11.1 Å². The van der Waals surface area contributed by atoms with Crippen LogP contribution in [0.3, 0.4) is 0 Å². The van der Waals surface area contributed by atoms with Crippen LogP contribution in [0, 0.1) is 5.92 Å². The predicted molar refractivity (Wildman–Crippen MR) is 116 cm³/mol. The first-order valence-corrected chi connectivity index (χ1v) is 11.1. The Kier molecular flexibility index (Phi) is 6.74. The molecule has 1 aliphatic heterocycles. The van der Waals surface area contributed by atoms with E-state index in [1.54, 1.807) is 0 Å². The molecule has 2 aromatic rings. The fraction of sp³-hybridized carbons (Fsp3) is 0.455. The lowest BCUT2D eigenvalue weighted by Gasteiger charge is -2.34. The molecule has 1 fully saturated rings. The van der Waals surface area contributed by atoms with Gasteiger partial charge in [0.15, 0.2) is 0 Å². The number of benzene rings is 2. The minimum Gasteiger partial charge on any atom is -0.317 e. The van der Waals surface area contributed by atoms with Gasteiger partial charge in [0.1, 0.15) is 0 Å². The van der Waals surface area contributed by atoms with Crippen LogP contribution in [0.5, 0.6) is 0 Å². The quantitative estimate of drug-likeness (QED) is 0.727. The zero-order valence-electron chi connectivity index (χ0n) is 16.3. The third kappa shape index (κ3) is 5.20. The molecule has 0 radical (unpaired) electrons. The molecular weight excluding hydrogens is 376 g/mol. The van der Waals surface area contributed by atoms with Crippen LogP contribution in [0.15, 0.2) is 48.5 Å². The topological polar surface area (TPSA) is 41.1 Å². The Morgan fingerprint density at radius 3 is 2.33 bits per heavy atom. The van der Waals surface area contributed by atoms with Gasteiger partial charge in [-0.05, 0) is 81.4 Å². The smallest absolute Gasteiger partial charge is 0.0976 e. The summed E-state index contributed by atoms with van der Waals surface area (Å²) in [4.78, 5) is 0. The second kappa shape index (κ2) is 8.87. The van der Waals surface area contributed by atoms with Gasteiger partial charge < -0.3 is 5.32 Å². The van der Waals surface area contributed by atoms with Crippen LogP contribution in [0.2, 0.25) is 5.02 Å². The molecule has 0 amide bonds. The van der Waals surface area contributed by atoms with E-state index in [4.69, 9.17) is 11.6 Å². The van der Waals surface area contributed by atoms with Gasteiger partial charge in [0.05, 0.1) is 15.7 Å². The van der Waals surface area contributed by atoms with Gasteiger partial charge >= 0.3 is 0 Å². The SMILES string of the molecule is CC(C)(C)[S@](=O)N[C@H](c1ccccc1-c1ccc(Cl)cc1)C1CCNCC1. The first kappa shape index (κ1) is 20.5.